The minimum Gasteiger partial charge on any atom is -0.495 e. The first-order valence-corrected chi connectivity index (χ1v) is 12.3. The topological polar surface area (TPSA) is 73.9 Å². The monoisotopic (exact) mass is 484 g/mol. The second kappa shape index (κ2) is 11.1. The van der Waals surface area contributed by atoms with E-state index in [1.54, 1.807) is 18.2 Å². The van der Waals surface area contributed by atoms with Gasteiger partial charge in [0.2, 0.25) is 0 Å². The summed E-state index contributed by atoms with van der Waals surface area (Å²) in [5, 5.41) is 5.84. The number of aryl methyl sites for hydroxylation is 1. The molecule has 2 heterocycles. The molecule has 0 radical (unpaired) electrons. The van der Waals surface area contributed by atoms with Gasteiger partial charge in [-0.25, -0.2) is 0 Å². The van der Waals surface area contributed by atoms with E-state index >= 15 is 0 Å². The normalized spacial score (nSPS) is 17.0. The van der Waals surface area contributed by atoms with Crippen LogP contribution in [0.4, 0.5) is 11.4 Å². The van der Waals surface area contributed by atoms with Crippen molar-refractivity contribution in [1.82, 2.24) is 10.2 Å². The summed E-state index contributed by atoms with van der Waals surface area (Å²) in [6.45, 7) is 3.44. The lowest BCUT2D eigenvalue weighted by atomic mass is 9.95. The van der Waals surface area contributed by atoms with Crippen LogP contribution in [0.2, 0.25) is 5.02 Å². The molecule has 2 aromatic rings. The van der Waals surface area contributed by atoms with Gasteiger partial charge in [0, 0.05) is 31.5 Å². The predicted molar refractivity (Wildman–Crippen MR) is 136 cm³/mol. The van der Waals surface area contributed by atoms with E-state index in [1.165, 1.54) is 30.3 Å². The second-order valence-corrected chi connectivity index (χ2v) is 9.45. The number of nitrogens with one attached hydrogen (secondary N) is 2. The molecule has 0 unspecified atom stereocenters. The van der Waals surface area contributed by atoms with Crippen molar-refractivity contribution in [2.24, 2.45) is 0 Å². The zero-order valence-corrected chi connectivity index (χ0v) is 20.7. The highest BCUT2D eigenvalue weighted by Crippen LogP contribution is 2.32. The van der Waals surface area contributed by atoms with E-state index in [2.05, 4.69) is 45.7 Å². The maximum absolute atomic E-state index is 12.6. The first-order valence-electron chi connectivity index (χ1n) is 12.0. The Balaban J connectivity index is 1.45. The molecule has 0 spiro atoms. The Morgan fingerprint density at radius 1 is 1.03 bits per heavy atom. The standard InChI is InChI=1S/C26H33ClN4O3/c1-30-12-6-7-18-15-19(8-10-22(18)30)23(31-13-4-3-5-14-31)17-28-25(32)26(33)29-20-9-11-24(34-2)21(27)16-20/h8-11,15-16,23H,3-7,12-14,17H2,1-2H3,(H,28,32)(H,29,33)/t23-/m1/s1. The molecule has 2 amide bonds. The molecule has 2 aliphatic rings. The molecule has 4 rings (SSSR count). The van der Waals surface area contributed by atoms with Crippen molar-refractivity contribution in [2.45, 2.75) is 38.1 Å². The number of nitrogens with zero attached hydrogens (tertiary/aromatic N) is 2. The summed E-state index contributed by atoms with van der Waals surface area (Å²) in [5.74, 6) is -0.873. The fourth-order valence-corrected chi connectivity index (χ4v) is 5.16. The minimum absolute atomic E-state index is 0.0324. The van der Waals surface area contributed by atoms with Gasteiger partial charge < -0.3 is 20.3 Å². The van der Waals surface area contributed by atoms with Gasteiger partial charge in [0.15, 0.2) is 0 Å². The zero-order chi connectivity index (χ0) is 24.1. The number of carbonyl (C=O) groups is 2. The van der Waals surface area contributed by atoms with E-state index in [0.29, 0.717) is 23.0 Å². The predicted octanol–water partition coefficient (Wildman–Crippen LogP) is 4.01. The SMILES string of the molecule is COc1ccc(NC(=O)C(=O)NC[C@H](c2ccc3c(c2)CCCN3C)N2CCCCC2)cc1Cl. The van der Waals surface area contributed by atoms with Crippen molar-refractivity contribution >= 4 is 34.8 Å². The number of piperidine rings is 1. The van der Waals surface area contributed by atoms with Crippen LogP contribution in [0, 0.1) is 0 Å². The van der Waals surface area contributed by atoms with E-state index in [1.807, 2.05) is 0 Å². The van der Waals surface area contributed by atoms with Crippen molar-refractivity contribution in [3.63, 3.8) is 0 Å². The van der Waals surface area contributed by atoms with Crippen molar-refractivity contribution in [2.75, 3.05) is 50.6 Å². The molecule has 2 N–H and O–H groups in total. The molecule has 1 fully saturated rings. The Morgan fingerprint density at radius 2 is 1.82 bits per heavy atom. The number of fused-ring (bicyclic) bond motifs is 1. The summed E-state index contributed by atoms with van der Waals surface area (Å²) in [6.07, 6.45) is 5.75. The highest BCUT2D eigenvalue weighted by atomic mass is 35.5. The van der Waals surface area contributed by atoms with E-state index in [9.17, 15) is 9.59 Å². The van der Waals surface area contributed by atoms with Crippen LogP contribution in [0.25, 0.3) is 0 Å². The molecule has 0 aliphatic carbocycles. The number of benzene rings is 2. The van der Waals surface area contributed by atoms with E-state index in [0.717, 1.165) is 45.3 Å². The second-order valence-electron chi connectivity index (χ2n) is 9.04. The van der Waals surface area contributed by atoms with Crippen LogP contribution in [0.3, 0.4) is 0 Å². The van der Waals surface area contributed by atoms with Gasteiger partial charge in [0.25, 0.3) is 0 Å². The van der Waals surface area contributed by atoms with E-state index in [-0.39, 0.29) is 6.04 Å². The van der Waals surface area contributed by atoms with Crippen molar-refractivity contribution in [3.8, 4) is 5.75 Å². The molecule has 182 valence electrons. The third-order valence-electron chi connectivity index (χ3n) is 6.74. The Kier molecular flexibility index (Phi) is 7.95. The van der Waals surface area contributed by atoms with E-state index in [4.69, 9.17) is 16.3 Å². The molecule has 0 aromatic heterocycles. The van der Waals surface area contributed by atoms with Crippen LogP contribution in [0.15, 0.2) is 36.4 Å². The van der Waals surface area contributed by atoms with Gasteiger partial charge in [0.1, 0.15) is 5.75 Å². The molecule has 2 aliphatic heterocycles. The quantitative estimate of drug-likeness (QED) is 0.606. The molecule has 1 saturated heterocycles. The molecule has 2 aromatic carbocycles. The number of halogens is 1. The number of amides is 2. The van der Waals surface area contributed by atoms with Crippen molar-refractivity contribution in [3.05, 3.63) is 52.5 Å². The van der Waals surface area contributed by atoms with Crippen LogP contribution < -0.4 is 20.3 Å². The highest BCUT2D eigenvalue weighted by molar-refractivity contribution is 6.40. The van der Waals surface area contributed by atoms with Crippen LogP contribution in [0.5, 0.6) is 5.75 Å². The van der Waals surface area contributed by atoms with Gasteiger partial charge in [-0.3, -0.25) is 14.5 Å². The van der Waals surface area contributed by atoms with E-state index < -0.39 is 11.8 Å². The Labute approximate surface area is 206 Å². The first kappa shape index (κ1) is 24.4. The smallest absolute Gasteiger partial charge is 0.313 e. The van der Waals surface area contributed by atoms with Crippen LogP contribution >= 0.6 is 11.6 Å². The van der Waals surface area contributed by atoms with Crippen molar-refractivity contribution < 1.29 is 14.3 Å². The van der Waals surface area contributed by atoms with Gasteiger partial charge in [-0.2, -0.15) is 0 Å². The third kappa shape index (κ3) is 5.65. The fraction of sp³-hybridized carbons (Fsp3) is 0.462. The van der Waals surface area contributed by atoms with Gasteiger partial charge in [0.05, 0.1) is 18.2 Å². The summed E-state index contributed by atoms with van der Waals surface area (Å²) in [5.41, 5.74) is 4.28. The summed E-state index contributed by atoms with van der Waals surface area (Å²) < 4.78 is 5.13. The maximum atomic E-state index is 12.6. The first-order chi connectivity index (χ1) is 16.5. The molecular weight excluding hydrogens is 452 g/mol. The van der Waals surface area contributed by atoms with Crippen molar-refractivity contribution in [1.29, 1.82) is 0 Å². The van der Waals surface area contributed by atoms with Gasteiger partial charge in [-0.15, -0.1) is 0 Å². The van der Waals surface area contributed by atoms with Crippen LogP contribution in [0.1, 0.15) is 42.9 Å². The molecule has 34 heavy (non-hydrogen) atoms. The number of carbonyl (C=O) groups excluding carboxylic acids is 2. The molecule has 1 atom stereocenters. The molecule has 8 heteroatoms. The summed E-state index contributed by atoms with van der Waals surface area (Å²) in [4.78, 5) is 29.9. The van der Waals surface area contributed by atoms with Gasteiger partial charge in [-0.1, -0.05) is 30.2 Å². The minimum atomic E-state index is -0.717. The lowest BCUT2D eigenvalue weighted by molar-refractivity contribution is -0.136. The Morgan fingerprint density at radius 3 is 2.56 bits per heavy atom. The lowest BCUT2D eigenvalue weighted by Crippen LogP contribution is -2.43. The Hall–Kier alpha value is -2.77. The van der Waals surface area contributed by atoms with Gasteiger partial charge in [-0.05, 0) is 74.2 Å². The lowest BCUT2D eigenvalue weighted by Gasteiger charge is -2.36. The fourth-order valence-electron chi connectivity index (χ4n) is 4.90. The summed E-state index contributed by atoms with van der Waals surface area (Å²) in [7, 11) is 3.65. The summed E-state index contributed by atoms with van der Waals surface area (Å²) in [6, 6.07) is 11.5. The summed E-state index contributed by atoms with van der Waals surface area (Å²) >= 11 is 6.12. The number of rotatable bonds is 6. The highest BCUT2D eigenvalue weighted by Gasteiger charge is 2.26. The molecule has 0 saturated carbocycles. The molecule has 7 nitrogen and oxygen atoms in total. The molecular formula is C26H33ClN4O3. The average molecular weight is 485 g/mol. The molecule has 0 bridgehead atoms. The number of likely N-dealkylation sites (tertiary alicyclic amines) is 1. The average Bonchev–Trinajstić information content (AvgIpc) is 2.85. The van der Waals surface area contributed by atoms with Crippen LogP contribution in [-0.2, 0) is 16.0 Å². The Bertz CT molecular complexity index is 1040. The number of anilines is 2. The maximum Gasteiger partial charge on any atom is 0.313 e. The zero-order valence-electron chi connectivity index (χ0n) is 19.9. The van der Waals surface area contributed by atoms with Gasteiger partial charge >= 0.3 is 11.8 Å². The number of hydrogen-bond acceptors (Lipinski definition) is 5. The number of methoxy groups -OCH3 is 1. The number of ether oxygens (including phenoxy) is 1. The number of hydrogen-bond donors (Lipinski definition) is 2. The largest absolute Gasteiger partial charge is 0.495 e. The van der Waals surface area contributed by atoms with Crippen LogP contribution in [-0.4, -0.2) is 57.1 Å². The third-order valence-corrected chi connectivity index (χ3v) is 7.04.